The van der Waals surface area contributed by atoms with Crippen LogP contribution < -0.4 is 0 Å². The highest BCUT2D eigenvalue weighted by Crippen LogP contribution is 2.46. The summed E-state index contributed by atoms with van der Waals surface area (Å²) in [7, 11) is 0. The summed E-state index contributed by atoms with van der Waals surface area (Å²) in [6.07, 6.45) is 0. The van der Waals surface area contributed by atoms with Crippen molar-refractivity contribution in [2.75, 3.05) is 0 Å². The summed E-state index contributed by atoms with van der Waals surface area (Å²) in [5.74, 6) is 0.665. The van der Waals surface area contributed by atoms with Crippen LogP contribution in [-0.4, -0.2) is 19.5 Å². The Morgan fingerprint density at radius 2 is 1.16 bits per heavy atom. The smallest absolute Gasteiger partial charge is 0.164 e. The normalized spacial score (nSPS) is 12.3. The van der Waals surface area contributed by atoms with Crippen LogP contribution in [0.4, 0.5) is 0 Å². The van der Waals surface area contributed by atoms with Gasteiger partial charge in [-0.3, -0.25) is 0 Å². The van der Waals surface area contributed by atoms with Gasteiger partial charge in [-0.25, -0.2) is 15.0 Å². The average molecular weight is 669 g/mol. The second kappa shape index (κ2) is 9.97. The summed E-state index contributed by atoms with van der Waals surface area (Å²) in [5.41, 5.74) is 7.17. The fourth-order valence-electron chi connectivity index (χ4n) is 8.28. The predicted molar refractivity (Wildman–Crippen MR) is 212 cm³/mol. The van der Waals surface area contributed by atoms with Crippen LogP contribution in [0.2, 0.25) is 0 Å². The van der Waals surface area contributed by atoms with Crippen LogP contribution in [0.1, 0.15) is 0 Å². The Hall–Kier alpha value is -6.63. The number of furan rings is 1. The minimum absolute atomic E-state index is 0.645. The molecule has 0 saturated carbocycles. The Balaban J connectivity index is 1.38. The van der Waals surface area contributed by atoms with Gasteiger partial charge >= 0.3 is 0 Å². The van der Waals surface area contributed by atoms with E-state index in [1.165, 1.54) is 20.2 Å². The minimum Gasteiger partial charge on any atom is -0.454 e. The summed E-state index contributed by atoms with van der Waals surface area (Å²) in [4.78, 5) is 16.0. The number of fused-ring (bicyclic) bond motifs is 15. The fraction of sp³-hybridized carbons (Fsp3) is 0. The number of hydrogen-bond donors (Lipinski definition) is 0. The van der Waals surface area contributed by atoms with Gasteiger partial charge in [-0.1, -0.05) is 103 Å². The fourth-order valence-corrected chi connectivity index (χ4v) is 9.42. The van der Waals surface area contributed by atoms with Gasteiger partial charge in [0.1, 0.15) is 5.58 Å². The Bertz CT molecular complexity index is 3430. The van der Waals surface area contributed by atoms with Crippen molar-refractivity contribution < 1.29 is 4.42 Å². The molecular weight excluding hydrogens is 645 g/mol. The van der Waals surface area contributed by atoms with Crippen LogP contribution >= 0.6 is 11.3 Å². The van der Waals surface area contributed by atoms with Gasteiger partial charge in [-0.15, -0.1) is 11.3 Å². The van der Waals surface area contributed by atoms with Gasteiger partial charge < -0.3 is 8.98 Å². The standard InChI is InChI=1S/C45H24N4OS/c1-2-12-25(13-3-1)49-34-20-10-18-30-38(34)33-24-32(40-28-16-6-8-21-35(28)50-42(40)41(33)49)26-14-4-5-15-27(26)43-46-44(30)48-45(47-43)31-19-11-23-37-39(31)29-17-7-9-22-36(29)51-37/h1-24H. The molecule has 12 aromatic rings. The molecule has 0 N–H and O–H groups in total. The molecule has 0 aliphatic heterocycles. The van der Waals surface area contributed by atoms with Crippen molar-refractivity contribution in [3.05, 3.63) is 146 Å². The topological polar surface area (TPSA) is 56.7 Å². The molecular formula is C45H24N4OS. The van der Waals surface area contributed by atoms with Crippen molar-refractivity contribution in [1.82, 2.24) is 19.5 Å². The lowest BCUT2D eigenvalue weighted by molar-refractivity contribution is 0.671. The van der Waals surface area contributed by atoms with Gasteiger partial charge in [0.25, 0.3) is 0 Å². The maximum absolute atomic E-state index is 6.88. The molecule has 5 nitrogen and oxygen atoms in total. The lowest BCUT2D eigenvalue weighted by atomic mass is 9.99. The molecule has 7 aromatic carbocycles. The quantitative estimate of drug-likeness (QED) is 0.184. The van der Waals surface area contributed by atoms with E-state index in [-0.39, 0.29) is 0 Å². The molecule has 6 heteroatoms. The zero-order valence-corrected chi connectivity index (χ0v) is 27.8. The summed E-state index contributed by atoms with van der Waals surface area (Å²) in [5, 5.41) is 10.8. The van der Waals surface area contributed by atoms with Gasteiger partial charge in [0, 0.05) is 63.7 Å². The first-order chi connectivity index (χ1) is 25.3. The maximum atomic E-state index is 6.88. The third-order valence-corrected chi connectivity index (χ3v) is 11.5. The Morgan fingerprint density at radius 1 is 0.471 bits per heavy atom. The third-order valence-electron chi connectivity index (χ3n) is 10.4. The number of benzene rings is 7. The first kappa shape index (κ1) is 27.2. The van der Waals surface area contributed by atoms with E-state index in [0.29, 0.717) is 17.1 Å². The molecule has 0 radical (unpaired) electrons. The lowest BCUT2D eigenvalue weighted by Gasteiger charge is -2.08. The summed E-state index contributed by atoms with van der Waals surface area (Å²) < 4.78 is 11.7. The largest absolute Gasteiger partial charge is 0.454 e. The first-order valence-corrected chi connectivity index (χ1v) is 17.9. The third kappa shape index (κ3) is 3.66. The van der Waals surface area contributed by atoms with Gasteiger partial charge in [0.15, 0.2) is 22.7 Å². The molecule has 0 atom stereocenters. The van der Waals surface area contributed by atoms with E-state index < -0.39 is 0 Å². The highest BCUT2D eigenvalue weighted by atomic mass is 32.1. The zero-order valence-electron chi connectivity index (χ0n) is 27.0. The lowest BCUT2D eigenvalue weighted by Crippen LogP contribution is -1.95. The van der Waals surface area contributed by atoms with E-state index in [9.17, 15) is 0 Å². The Kier molecular flexibility index (Phi) is 5.32. The molecule has 0 aliphatic carbocycles. The van der Waals surface area contributed by atoms with Gasteiger partial charge in [0.05, 0.1) is 11.0 Å². The highest BCUT2D eigenvalue weighted by Gasteiger charge is 2.24. The second-order valence-corrected chi connectivity index (χ2v) is 14.2. The number of nitrogens with zero attached hydrogens (tertiary/aromatic N) is 4. The van der Waals surface area contributed by atoms with Crippen LogP contribution in [0.3, 0.4) is 0 Å². The highest BCUT2D eigenvalue weighted by molar-refractivity contribution is 7.25. The van der Waals surface area contributed by atoms with E-state index >= 15 is 0 Å². The number of rotatable bonds is 2. The van der Waals surface area contributed by atoms with Crippen LogP contribution in [0.25, 0.3) is 114 Å². The monoisotopic (exact) mass is 668 g/mol. The van der Waals surface area contributed by atoms with Crippen molar-refractivity contribution in [3.8, 4) is 17.1 Å². The Labute approximate surface area is 293 Å². The summed E-state index contributed by atoms with van der Waals surface area (Å²) >= 11 is 1.80. The number of hydrogen-bond acceptors (Lipinski definition) is 5. The van der Waals surface area contributed by atoms with E-state index in [1.54, 1.807) is 11.3 Å². The second-order valence-electron chi connectivity index (χ2n) is 13.1. The molecule has 0 unspecified atom stereocenters. The zero-order chi connectivity index (χ0) is 33.2. The van der Waals surface area contributed by atoms with Gasteiger partial charge in [-0.2, -0.15) is 0 Å². The van der Waals surface area contributed by atoms with Crippen LogP contribution in [-0.2, 0) is 0 Å². The van der Waals surface area contributed by atoms with Crippen molar-refractivity contribution in [3.63, 3.8) is 0 Å². The molecule has 236 valence electrons. The first-order valence-electron chi connectivity index (χ1n) is 17.0. The Morgan fingerprint density at radius 3 is 2.04 bits per heavy atom. The SMILES string of the molecule is c1ccc(-n2c3cccc4c5nc(-c6cccc7sc8ccccc8c67)nc(n5)c5ccccc5c5cc(c43)c2c2oc3ccccc3c52)cc1. The molecule has 0 spiro atoms. The number of aromatic nitrogens is 4. The molecule has 0 amide bonds. The molecule has 5 heterocycles. The summed E-state index contributed by atoms with van der Waals surface area (Å²) in [6, 6.07) is 51.3. The van der Waals surface area contributed by atoms with Gasteiger partial charge in [-0.05, 0) is 53.2 Å². The summed E-state index contributed by atoms with van der Waals surface area (Å²) in [6.45, 7) is 0. The van der Waals surface area contributed by atoms with Crippen molar-refractivity contribution in [2.24, 2.45) is 0 Å². The van der Waals surface area contributed by atoms with E-state index in [0.717, 1.165) is 76.5 Å². The average Bonchev–Trinajstić information content (AvgIpc) is 3.87. The van der Waals surface area contributed by atoms with E-state index in [4.69, 9.17) is 19.4 Å². The molecule has 12 rings (SSSR count). The van der Waals surface area contributed by atoms with Crippen molar-refractivity contribution in [2.45, 2.75) is 0 Å². The van der Waals surface area contributed by atoms with Crippen LogP contribution in [0, 0.1) is 0 Å². The molecule has 0 fully saturated rings. The number of thiophene rings is 1. The van der Waals surface area contributed by atoms with Crippen LogP contribution in [0.15, 0.2) is 150 Å². The van der Waals surface area contributed by atoms with Crippen molar-refractivity contribution in [1.29, 1.82) is 0 Å². The molecule has 5 aromatic heterocycles. The van der Waals surface area contributed by atoms with Gasteiger partial charge in [0.2, 0.25) is 0 Å². The number of para-hydroxylation sites is 2. The van der Waals surface area contributed by atoms with E-state index in [1.807, 2.05) is 6.07 Å². The van der Waals surface area contributed by atoms with Crippen LogP contribution in [0.5, 0.6) is 0 Å². The maximum Gasteiger partial charge on any atom is 0.164 e. The molecule has 4 bridgehead atoms. The molecule has 0 aliphatic rings. The molecule has 0 saturated heterocycles. The minimum atomic E-state index is 0.645. The van der Waals surface area contributed by atoms with E-state index in [2.05, 4.69) is 144 Å². The van der Waals surface area contributed by atoms with Crippen molar-refractivity contribution >= 4 is 108 Å². The predicted octanol–water partition coefficient (Wildman–Crippen LogP) is 12.4. The molecule has 51 heavy (non-hydrogen) atoms.